The molecule has 1 aromatic carbocycles. The molecule has 0 atom stereocenters. The van der Waals surface area contributed by atoms with E-state index in [2.05, 4.69) is 28.5 Å². The molecule has 0 aliphatic heterocycles. The topological polar surface area (TPSA) is 38.2 Å². The Labute approximate surface area is 129 Å². The van der Waals surface area contributed by atoms with E-state index < -0.39 is 0 Å². The van der Waals surface area contributed by atoms with Gasteiger partial charge in [-0.3, -0.25) is 4.84 Å². The number of hydrogen-bond donors (Lipinski definition) is 0. The van der Waals surface area contributed by atoms with Gasteiger partial charge in [0.1, 0.15) is 11.3 Å². The number of benzene rings is 1. The first-order valence-electron chi connectivity index (χ1n) is 7.49. The molecule has 0 bridgehead atoms. The highest BCUT2D eigenvalue weighted by Crippen LogP contribution is 2.34. The summed E-state index contributed by atoms with van der Waals surface area (Å²) in [5.74, 6) is 0.594. The number of hydroxylamine groups is 2. The maximum absolute atomic E-state index is 5.90. The van der Waals surface area contributed by atoms with Gasteiger partial charge in [-0.25, -0.2) is 4.98 Å². The lowest BCUT2D eigenvalue weighted by molar-refractivity contribution is -0.184. The first-order valence-corrected chi connectivity index (χ1v) is 8.26. The molecule has 2 aromatic rings. The third-order valence-electron chi connectivity index (χ3n) is 4.22. The zero-order valence-corrected chi connectivity index (χ0v) is 13.1. The quantitative estimate of drug-likeness (QED) is 0.791. The molecule has 0 spiro atoms. The van der Waals surface area contributed by atoms with Crippen molar-refractivity contribution in [3.8, 4) is 0 Å². The van der Waals surface area contributed by atoms with Gasteiger partial charge in [-0.1, -0.05) is 30.3 Å². The second kappa shape index (κ2) is 7.11. The standard InChI is InChI=1S/C16H21N3OS/c1-19(20-11-13-5-3-2-4-6-13)15-9-7-14(8-10-15)16-17-12-18-21-16/h2-6,12,14-15H,7-11H2,1H3/t14-,15-. The van der Waals surface area contributed by atoms with Crippen molar-refractivity contribution in [1.29, 1.82) is 0 Å². The van der Waals surface area contributed by atoms with E-state index in [1.165, 1.54) is 23.4 Å². The van der Waals surface area contributed by atoms with Crippen molar-refractivity contribution in [3.63, 3.8) is 0 Å². The fraction of sp³-hybridized carbons (Fsp3) is 0.500. The summed E-state index contributed by atoms with van der Waals surface area (Å²) in [6.45, 7) is 0.646. The van der Waals surface area contributed by atoms with Crippen LogP contribution in [-0.2, 0) is 11.4 Å². The van der Waals surface area contributed by atoms with E-state index in [0.717, 1.165) is 12.8 Å². The van der Waals surface area contributed by atoms with E-state index in [9.17, 15) is 0 Å². The molecule has 0 unspecified atom stereocenters. The minimum absolute atomic E-state index is 0.512. The van der Waals surface area contributed by atoms with Gasteiger partial charge in [0, 0.05) is 19.0 Å². The summed E-state index contributed by atoms with van der Waals surface area (Å²) in [7, 11) is 2.05. The van der Waals surface area contributed by atoms with Crippen molar-refractivity contribution in [3.05, 3.63) is 47.2 Å². The van der Waals surface area contributed by atoms with Crippen molar-refractivity contribution in [2.75, 3.05) is 7.05 Å². The van der Waals surface area contributed by atoms with E-state index in [1.807, 2.05) is 23.3 Å². The summed E-state index contributed by atoms with van der Waals surface area (Å²) in [4.78, 5) is 10.2. The highest BCUT2D eigenvalue weighted by atomic mass is 32.1. The zero-order valence-electron chi connectivity index (χ0n) is 12.3. The predicted octanol–water partition coefficient (Wildman–Crippen LogP) is 3.63. The predicted molar refractivity (Wildman–Crippen MR) is 83.9 cm³/mol. The second-order valence-corrected chi connectivity index (χ2v) is 6.40. The SMILES string of the molecule is CN(OCc1ccccc1)[C@H]1CC[C@H](c2ncns2)CC1. The molecule has 0 N–H and O–H groups in total. The van der Waals surface area contributed by atoms with Crippen molar-refractivity contribution >= 4 is 11.5 Å². The van der Waals surface area contributed by atoms with E-state index in [1.54, 1.807) is 17.9 Å². The Balaban J connectivity index is 1.45. The lowest BCUT2D eigenvalue weighted by Crippen LogP contribution is -2.34. The Bertz CT molecular complexity index is 524. The van der Waals surface area contributed by atoms with E-state index >= 15 is 0 Å². The van der Waals surface area contributed by atoms with Crippen molar-refractivity contribution in [1.82, 2.24) is 14.4 Å². The van der Waals surface area contributed by atoms with Gasteiger partial charge in [0.2, 0.25) is 0 Å². The summed E-state index contributed by atoms with van der Waals surface area (Å²) < 4.78 is 4.11. The van der Waals surface area contributed by atoms with Crippen LogP contribution >= 0.6 is 11.5 Å². The molecule has 1 aromatic heterocycles. The number of nitrogens with zero attached hydrogens (tertiary/aromatic N) is 3. The molecule has 1 saturated carbocycles. The maximum atomic E-state index is 5.90. The fourth-order valence-corrected chi connectivity index (χ4v) is 3.59. The molecule has 5 heteroatoms. The van der Waals surface area contributed by atoms with Crippen LogP contribution in [0.4, 0.5) is 0 Å². The minimum atomic E-state index is 0.512. The molecular formula is C16H21N3OS. The molecule has 1 heterocycles. The summed E-state index contributed by atoms with van der Waals surface area (Å²) in [5, 5.41) is 3.24. The molecular weight excluding hydrogens is 282 g/mol. The van der Waals surface area contributed by atoms with Gasteiger partial charge in [0.05, 0.1) is 6.61 Å². The van der Waals surface area contributed by atoms with Crippen LogP contribution in [-0.4, -0.2) is 27.5 Å². The summed E-state index contributed by atoms with van der Waals surface area (Å²) in [6.07, 6.45) is 6.35. The average molecular weight is 303 g/mol. The Morgan fingerprint density at radius 2 is 1.95 bits per heavy atom. The Morgan fingerprint density at radius 3 is 2.62 bits per heavy atom. The Hall–Kier alpha value is -1.30. The summed E-state index contributed by atoms with van der Waals surface area (Å²) in [5.41, 5.74) is 1.21. The molecule has 0 amide bonds. The van der Waals surface area contributed by atoms with Crippen molar-refractivity contribution in [2.45, 2.75) is 44.2 Å². The molecule has 1 fully saturated rings. The van der Waals surface area contributed by atoms with Gasteiger partial charge < -0.3 is 0 Å². The molecule has 21 heavy (non-hydrogen) atoms. The van der Waals surface area contributed by atoms with E-state index in [-0.39, 0.29) is 0 Å². The minimum Gasteiger partial charge on any atom is -0.294 e. The van der Waals surface area contributed by atoms with Gasteiger partial charge in [0.15, 0.2) is 0 Å². The van der Waals surface area contributed by atoms with Crippen molar-refractivity contribution in [2.24, 2.45) is 0 Å². The van der Waals surface area contributed by atoms with Gasteiger partial charge in [-0.15, -0.1) is 0 Å². The van der Waals surface area contributed by atoms with Crippen LogP contribution in [0.15, 0.2) is 36.7 Å². The molecule has 112 valence electrons. The highest BCUT2D eigenvalue weighted by molar-refractivity contribution is 7.05. The van der Waals surface area contributed by atoms with Gasteiger partial charge in [-0.05, 0) is 42.8 Å². The first-order chi connectivity index (χ1) is 10.3. The number of rotatable bonds is 5. The fourth-order valence-electron chi connectivity index (χ4n) is 2.90. The normalized spacial score (nSPS) is 22.6. The zero-order chi connectivity index (χ0) is 14.5. The van der Waals surface area contributed by atoms with E-state index in [0.29, 0.717) is 18.6 Å². The molecule has 1 aliphatic rings. The highest BCUT2D eigenvalue weighted by Gasteiger charge is 2.27. The van der Waals surface area contributed by atoms with Crippen LogP contribution in [0.3, 0.4) is 0 Å². The smallest absolute Gasteiger partial charge is 0.129 e. The van der Waals surface area contributed by atoms with Crippen LogP contribution in [0.25, 0.3) is 0 Å². The largest absolute Gasteiger partial charge is 0.294 e. The van der Waals surface area contributed by atoms with Crippen LogP contribution in [0.1, 0.15) is 42.2 Å². The number of aromatic nitrogens is 2. The third-order valence-corrected chi connectivity index (χ3v) is 5.04. The van der Waals surface area contributed by atoms with Gasteiger partial charge in [-0.2, -0.15) is 9.44 Å². The second-order valence-electron chi connectivity index (χ2n) is 5.59. The monoisotopic (exact) mass is 303 g/mol. The maximum Gasteiger partial charge on any atom is 0.129 e. The molecule has 0 radical (unpaired) electrons. The van der Waals surface area contributed by atoms with Crippen molar-refractivity contribution < 1.29 is 4.84 Å². The molecule has 0 saturated heterocycles. The molecule has 3 rings (SSSR count). The van der Waals surface area contributed by atoms with Crippen LogP contribution in [0.5, 0.6) is 0 Å². The van der Waals surface area contributed by atoms with Gasteiger partial charge >= 0.3 is 0 Å². The van der Waals surface area contributed by atoms with E-state index in [4.69, 9.17) is 4.84 Å². The summed E-state index contributed by atoms with van der Waals surface area (Å²) >= 11 is 1.54. The Morgan fingerprint density at radius 1 is 1.19 bits per heavy atom. The average Bonchev–Trinajstić information content (AvgIpc) is 3.08. The van der Waals surface area contributed by atoms with Crippen LogP contribution < -0.4 is 0 Å². The lowest BCUT2D eigenvalue weighted by atomic mass is 9.86. The summed E-state index contributed by atoms with van der Waals surface area (Å²) in [6, 6.07) is 10.8. The van der Waals surface area contributed by atoms with Gasteiger partial charge in [0.25, 0.3) is 0 Å². The van der Waals surface area contributed by atoms with Crippen LogP contribution in [0.2, 0.25) is 0 Å². The number of hydrogen-bond acceptors (Lipinski definition) is 5. The molecule has 1 aliphatic carbocycles. The lowest BCUT2D eigenvalue weighted by Gasteiger charge is -2.33. The first kappa shape index (κ1) is 14.6. The third kappa shape index (κ3) is 3.87. The van der Waals surface area contributed by atoms with Crippen LogP contribution in [0, 0.1) is 0 Å². The molecule has 4 nitrogen and oxygen atoms in total. The Kier molecular flexibility index (Phi) is 4.95.